The SMILES string of the molecule is O=C1C(=O)N(CCCn2ccnc2)[C@H](c2ccccc2F)C1=C(O)c1ccc2c(c1)OCCO2. The predicted octanol–water partition coefficient (Wildman–Crippen LogP) is 3.31. The molecular formula is C25H22FN3O5. The molecule has 5 rings (SSSR count). The molecule has 0 saturated carbocycles. The van der Waals surface area contributed by atoms with Gasteiger partial charge in [0.1, 0.15) is 24.8 Å². The smallest absolute Gasteiger partial charge is 0.295 e. The number of likely N-dealkylation sites (tertiary alicyclic amines) is 1. The Labute approximate surface area is 194 Å². The zero-order valence-corrected chi connectivity index (χ0v) is 18.2. The van der Waals surface area contributed by atoms with Crippen molar-refractivity contribution in [2.45, 2.75) is 19.0 Å². The van der Waals surface area contributed by atoms with Crippen molar-refractivity contribution in [1.82, 2.24) is 14.5 Å². The van der Waals surface area contributed by atoms with E-state index in [1.807, 2.05) is 4.57 Å². The van der Waals surface area contributed by atoms with E-state index in [4.69, 9.17) is 9.47 Å². The van der Waals surface area contributed by atoms with Gasteiger partial charge in [-0.2, -0.15) is 0 Å². The van der Waals surface area contributed by atoms with E-state index in [9.17, 15) is 19.1 Å². The molecule has 1 atom stereocenters. The van der Waals surface area contributed by atoms with Crippen LogP contribution in [-0.2, 0) is 16.1 Å². The molecule has 3 aromatic rings. The summed E-state index contributed by atoms with van der Waals surface area (Å²) in [5.41, 5.74) is 0.264. The molecule has 1 aromatic heterocycles. The minimum Gasteiger partial charge on any atom is -0.507 e. The van der Waals surface area contributed by atoms with E-state index in [0.29, 0.717) is 37.7 Å². The summed E-state index contributed by atoms with van der Waals surface area (Å²) in [4.78, 5) is 31.4. The maximum Gasteiger partial charge on any atom is 0.295 e. The second-order valence-electron chi connectivity index (χ2n) is 8.03. The molecular weight excluding hydrogens is 441 g/mol. The van der Waals surface area contributed by atoms with Gasteiger partial charge in [-0.3, -0.25) is 9.59 Å². The number of ketones is 1. The number of Topliss-reactive ketones (excluding diaryl/α,β-unsaturated/α-hetero) is 1. The van der Waals surface area contributed by atoms with Crippen molar-refractivity contribution in [2.75, 3.05) is 19.8 Å². The van der Waals surface area contributed by atoms with Gasteiger partial charge in [0.25, 0.3) is 11.7 Å². The lowest BCUT2D eigenvalue weighted by atomic mass is 9.94. The quantitative estimate of drug-likeness (QED) is 0.343. The number of aliphatic hydroxyl groups excluding tert-OH is 1. The number of nitrogens with zero attached hydrogens (tertiary/aromatic N) is 3. The number of carbonyl (C=O) groups excluding carboxylic acids is 2. The molecule has 2 aliphatic rings. The summed E-state index contributed by atoms with van der Waals surface area (Å²) < 4.78 is 27.8. The van der Waals surface area contributed by atoms with Gasteiger partial charge in [-0.15, -0.1) is 0 Å². The molecule has 9 heteroatoms. The standard InChI is InChI=1S/C25H22FN3O5/c26-18-5-2-1-4-17(18)22-21(23(30)16-6-7-19-20(14-16)34-13-12-33-19)24(31)25(32)29(22)10-3-9-28-11-8-27-15-28/h1-2,4-8,11,14-15,22,30H,3,9-10,12-13H2/t22-/m1/s1. The molecule has 2 aliphatic heterocycles. The van der Waals surface area contributed by atoms with Crippen LogP contribution in [0.1, 0.15) is 23.6 Å². The molecule has 0 spiro atoms. The number of hydrogen-bond donors (Lipinski definition) is 1. The van der Waals surface area contributed by atoms with Crippen molar-refractivity contribution in [3.63, 3.8) is 0 Å². The monoisotopic (exact) mass is 463 g/mol. The third-order valence-electron chi connectivity index (χ3n) is 5.93. The lowest BCUT2D eigenvalue weighted by Gasteiger charge is -2.26. The van der Waals surface area contributed by atoms with Gasteiger partial charge in [0.2, 0.25) is 0 Å². The van der Waals surface area contributed by atoms with E-state index in [1.54, 1.807) is 43.0 Å². The Kier molecular flexibility index (Phi) is 5.75. The maximum absolute atomic E-state index is 14.9. The van der Waals surface area contributed by atoms with Gasteiger partial charge < -0.3 is 24.0 Å². The van der Waals surface area contributed by atoms with Gasteiger partial charge in [0.05, 0.1) is 17.9 Å². The normalized spacial score (nSPS) is 19.0. The predicted molar refractivity (Wildman–Crippen MR) is 120 cm³/mol. The average molecular weight is 463 g/mol. The van der Waals surface area contributed by atoms with E-state index in [2.05, 4.69) is 4.98 Å². The number of aryl methyl sites for hydroxylation is 1. The van der Waals surface area contributed by atoms with Crippen LogP contribution in [0.2, 0.25) is 0 Å². The molecule has 8 nitrogen and oxygen atoms in total. The Hall–Kier alpha value is -4.14. The molecule has 1 saturated heterocycles. The second-order valence-corrected chi connectivity index (χ2v) is 8.03. The number of rotatable bonds is 6. The molecule has 0 unspecified atom stereocenters. The van der Waals surface area contributed by atoms with Crippen LogP contribution in [-0.4, -0.2) is 51.0 Å². The fourth-order valence-corrected chi connectivity index (χ4v) is 4.32. The van der Waals surface area contributed by atoms with Crippen LogP contribution in [0.25, 0.3) is 5.76 Å². The van der Waals surface area contributed by atoms with E-state index in [-0.39, 0.29) is 29.0 Å². The largest absolute Gasteiger partial charge is 0.507 e. The first-order chi connectivity index (χ1) is 16.5. The topological polar surface area (TPSA) is 93.9 Å². The number of ether oxygens (including phenoxy) is 2. The van der Waals surface area contributed by atoms with Crippen LogP contribution in [0.5, 0.6) is 11.5 Å². The van der Waals surface area contributed by atoms with Crippen molar-refractivity contribution in [1.29, 1.82) is 0 Å². The Morgan fingerprint density at radius 1 is 1.09 bits per heavy atom. The minimum absolute atomic E-state index is 0.142. The van der Waals surface area contributed by atoms with Crippen LogP contribution < -0.4 is 9.47 Å². The number of aromatic nitrogens is 2. The summed E-state index contributed by atoms with van der Waals surface area (Å²) in [7, 11) is 0. The van der Waals surface area contributed by atoms with Crippen LogP contribution in [0.4, 0.5) is 4.39 Å². The highest BCUT2D eigenvalue weighted by Gasteiger charge is 2.46. The molecule has 0 aliphatic carbocycles. The summed E-state index contributed by atoms with van der Waals surface area (Å²) in [6.07, 6.45) is 5.62. The lowest BCUT2D eigenvalue weighted by molar-refractivity contribution is -0.140. The van der Waals surface area contributed by atoms with Gasteiger partial charge in [0, 0.05) is 36.6 Å². The molecule has 3 heterocycles. The molecule has 0 radical (unpaired) electrons. The number of fused-ring (bicyclic) bond motifs is 1. The summed E-state index contributed by atoms with van der Waals surface area (Å²) in [6, 6.07) is 9.65. The molecule has 34 heavy (non-hydrogen) atoms. The van der Waals surface area contributed by atoms with E-state index < -0.39 is 23.5 Å². The second kappa shape index (κ2) is 9.01. The van der Waals surface area contributed by atoms with Crippen LogP contribution in [0, 0.1) is 5.82 Å². The number of halogens is 1. The molecule has 174 valence electrons. The van der Waals surface area contributed by atoms with Gasteiger partial charge in [-0.05, 0) is 30.7 Å². The number of imidazole rings is 1. The highest BCUT2D eigenvalue weighted by molar-refractivity contribution is 6.46. The van der Waals surface area contributed by atoms with Crippen LogP contribution in [0.3, 0.4) is 0 Å². The Balaban J connectivity index is 1.55. The molecule has 0 bridgehead atoms. The summed E-state index contributed by atoms with van der Waals surface area (Å²) >= 11 is 0. The first-order valence-electron chi connectivity index (χ1n) is 10.9. The zero-order chi connectivity index (χ0) is 23.7. The molecule has 1 N–H and O–H groups in total. The number of hydrogen-bond acceptors (Lipinski definition) is 6. The Bertz CT molecular complexity index is 1270. The number of aliphatic hydroxyl groups is 1. The summed E-state index contributed by atoms with van der Waals surface area (Å²) in [5, 5.41) is 11.2. The van der Waals surface area contributed by atoms with E-state index in [1.165, 1.54) is 23.1 Å². The highest BCUT2D eigenvalue weighted by atomic mass is 19.1. The number of amides is 1. The first kappa shape index (κ1) is 21.7. The van der Waals surface area contributed by atoms with Gasteiger partial charge in [-0.25, -0.2) is 9.37 Å². The minimum atomic E-state index is -1.06. The van der Waals surface area contributed by atoms with Crippen LogP contribution >= 0.6 is 0 Å². The van der Waals surface area contributed by atoms with Crippen molar-refractivity contribution in [3.05, 3.63) is 83.7 Å². The first-order valence-corrected chi connectivity index (χ1v) is 10.9. The number of benzene rings is 2. The van der Waals surface area contributed by atoms with Gasteiger partial charge in [-0.1, -0.05) is 18.2 Å². The molecule has 1 amide bonds. The highest BCUT2D eigenvalue weighted by Crippen LogP contribution is 2.41. The van der Waals surface area contributed by atoms with E-state index >= 15 is 0 Å². The fourth-order valence-electron chi connectivity index (χ4n) is 4.32. The van der Waals surface area contributed by atoms with Crippen LogP contribution in [0.15, 0.2) is 66.8 Å². The third-order valence-corrected chi connectivity index (χ3v) is 5.93. The fraction of sp³-hybridized carbons (Fsp3) is 0.240. The van der Waals surface area contributed by atoms with Gasteiger partial charge in [0.15, 0.2) is 11.5 Å². The summed E-state index contributed by atoms with van der Waals surface area (Å²) in [5.74, 6) is -1.65. The Morgan fingerprint density at radius 3 is 2.65 bits per heavy atom. The zero-order valence-electron chi connectivity index (χ0n) is 18.2. The van der Waals surface area contributed by atoms with Crippen molar-refractivity contribution in [3.8, 4) is 11.5 Å². The molecule has 2 aromatic carbocycles. The number of carbonyl (C=O) groups is 2. The van der Waals surface area contributed by atoms with Crippen molar-refractivity contribution >= 4 is 17.4 Å². The van der Waals surface area contributed by atoms with Crippen molar-refractivity contribution < 1.29 is 28.6 Å². The average Bonchev–Trinajstić information content (AvgIpc) is 3.46. The van der Waals surface area contributed by atoms with E-state index in [0.717, 1.165) is 0 Å². The molecule has 1 fully saturated rings. The van der Waals surface area contributed by atoms with Crippen molar-refractivity contribution in [2.24, 2.45) is 0 Å². The summed E-state index contributed by atoms with van der Waals surface area (Å²) in [6.45, 7) is 1.53. The van der Waals surface area contributed by atoms with Gasteiger partial charge >= 0.3 is 0 Å². The lowest BCUT2D eigenvalue weighted by Crippen LogP contribution is -2.31. The maximum atomic E-state index is 14.9. The Morgan fingerprint density at radius 2 is 1.88 bits per heavy atom. The third kappa shape index (κ3) is 3.89.